The maximum Gasteiger partial charge on any atom is 0.261 e. The van der Waals surface area contributed by atoms with Crippen LogP contribution in [0.2, 0.25) is 0 Å². The van der Waals surface area contributed by atoms with Crippen molar-refractivity contribution in [3.63, 3.8) is 0 Å². The largest absolute Gasteiger partial charge is 0.497 e. The van der Waals surface area contributed by atoms with Crippen molar-refractivity contribution >= 4 is 21.8 Å². The number of amides is 2. The molecule has 2 aromatic carbocycles. The van der Waals surface area contributed by atoms with Gasteiger partial charge in [-0.05, 0) is 49.1 Å². The molecule has 0 aliphatic rings. The summed E-state index contributed by atoms with van der Waals surface area (Å²) in [4.78, 5) is 23.8. The van der Waals surface area contributed by atoms with E-state index in [1.165, 1.54) is 36.9 Å². The molecule has 0 saturated carbocycles. The number of hydrogen-bond donors (Lipinski definition) is 4. The van der Waals surface area contributed by atoms with E-state index >= 15 is 0 Å². The molecule has 10 heteroatoms. The normalized spacial score (nSPS) is 12.1. The number of methoxy groups -OCH3 is 1. The zero-order valence-corrected chi connectivity index (χ0v) is 18.0. The van der Waals surface area contributed by atoms with Crippen LogP contribution in [0.25, 0.3) is 0 Å². The van der Waals surface area contributed by atoms with Crippen LogP contribution in [0, 0.1) is 0 Å². The Labute approximate surface area is 181 Å². The van der Waals surface area contributed by atoms with E-state index in [-0.39, 0.29) is 23.8 Å². The molecule has 9 nitrogen and oxygen atoms in total. The van der Waals surface area contributed by atoms with E-state index in [1.54, 1.807) is 0 Å². The van der Waals surface area contributed by atoms with Crippen LogP contribution in [-0.4, -0.2) is 45.1 Å². The monoisotopic (exact) mass is 449 g/mol. The second kappa shape index (κ2) is 12.0. The molecule has 0 aromatic heterocycles. The van der Waals surface area contributed by atoms with Crippen molar-refractivity contribution in [1.29, 1.82) is 0 Å². The molecule has 0 fully saturated rings. The average molecular weight is 450 g/mol. The van der Waals surface area contributed by atoms with Gasteiger partial charge in [0.1, 0.15) is 11.8 Å². The zero-order chi connectivity index (χ0) is 22.7. The number of aryl methyl sites for hydroxylation is 1. The lowest BCUT2D eigenvalue weighted by molar-refractivity contribution is -0.131. The third kappa shape index (κ3) is 8.00. The molecule has 1 atom stereocenters. The smallest absolute Gasteiger partial charge is 0.261 e. The van der Waals surface area contributed by atoms with Gasteiger partial charge in [-0.1, -0.05) is 30.3 Å². The highest BCUT2D eigenvalue weighted by atomic mass is 32.2. The van der Waals surface area contributed by atoms with Gasteiger partial charge in [-0.3, -0.25) is 14.8 Å². The van der Waals surface area contributed by atoms with E-state index in [4.69, 9.17) is 9.94 Å². The van der Waals surface area contributed by atoms with Gasteiger partial charge in [-0.2, -0.15) is 4.72 Å². The Balaban J connectivity index is 1.84. The van der Waals surface area contributed by atoms with Crippen LogP contribution in [0.1, 0.15) is 24.8 Å². The number of nitrogens with one attached hydrogen (secondary N) is 3. The number of benzene rings is 2. The van der Waals surface area contributed by atoms with Crippen molar-refractivity contribution < 1.29 is 28.0 Å². The van der Waals surface area contributed by atoms with Gasteiger partial charge in [0.2, 0.25) is 15.9 Å². The first-order valence-electron chi connectivity index (χ1n) is 9.76. The van der Waals surface area contributed by atoms with Gasteiger partial charge in [0.25, 0.3) is 5.91 Å². The van der Waals surface area contributed by atoms with Crippen molar-refractivity contribution in [3.8, 4) is 5.75 Å². The van der Waals surface area contributed by atoms with Crippen molar-refractivity contribution in [2.75, 3.05) is 13.7 Å². The number of sulfonamides is 1. The molecule has 31 heavy (non-hydrogen) atoms. The molecule has 0 unspecified atom stereocenters. The van der Waals surface area contributed by atoms with E-state index in [0.717, 1.165) is 5.56 Å². The summed E-state index contributed by atoms with van der Waals surface area (Å²) in [7, 11) is -2.54. The van der Waals surface area contributed by atoms with E-state index < -0.39 is 22.0 Å². The Kier molecular flexibility index (Phi) is 9.44. The summed E-state index contributed by atoms with van der Waals surface area (Å²) in [6, 6.07) is 14.1. The molecule has 0 radical (unpaired) electrons. The van der Waals surface area contributed by atoms with Crippen LogP contribution in [0.5, 0.6) is 5.75 Å². The van der Waals surface area contributed by atoms with Gasteiger partial charge in [-0.15, -0.1) is 0 Å². The number of carbonyl (C=O) groups is 2. The van der Waals surface area contributed by atoms with Crippen LogP contribution >= 0.6 is 0 Å². The Morgan fingerprint density at radius 1 is 1.06 bits per heavy atom. The SMILES string of the molecule is COc1ccc(S(=O)(=O)N[C@H](CCCNC(=O)CCc2ccccc2)C(=O)NO)cc1. The molecule has 2 rings (SSSR count). The van der Waals surface area contributed by atoms with Crippen LogP contribution in [0.3, 0.4) is 0 Å². The molecular formula is C21H27N3O6S. The Morgan fingerprint density at radius 2 is 1.74 bits per heavy atom. The number of hydrogen-bond acceptors (Lipinski definition) is 6. The molecule has 0 bridgehead atoms. The number of rotatable bonds is 12. The Morgan fingerprint density at radius 3 is 2.35 bits per heavy atom. The Bertz CT molecular complexity index is 949. The van der Waals surface area contributed by atoms with Crippen LogP contribution in [-0.2, 0) is 26.0 Å². The minimum absolute atomic E-state index is 0.0433. The quantitative estimate of drug-likeness (QED) is 0.220. The fourth-order valence-electron chi connectivity index (χ4n) is 2.86. The lowest BCUT2D eigenvalue weighted by atomic mass is 10.1. The topological polar surface area (TPSA) is 134 Å². The third-order valence-electron chi connectivity index (χ3n) is 4.57. The first-order valence-corrected chi connectivity index (χ1v) is 11.2. The van der Waals surface area contributed by atoms with Gasteiger partial charge in [0.15, 0.2) is 0 Å². The van der Waals surface area contributed by atoms with E-state index in [0.29, 0.717) is 25.0 Å². The molecule has 0 heterocycles. The Hall–Kier alpha value is -2.95. The van der Waals surface area contributed by atoms with Crippen molar-refractivity contribution in [2.45, 2.75) is 36.6 Å². The van der Waals surface area contributed by atoms with Crippen LogP contribution in [0.15, 0.2) is 59.5 Å². The molecule has 0 spiro atoms. The maximum absolute atomic E-state index is 12.5. The van der Waals surface area contributed by atoms with Crippen molar-refractivity contribution in [1.82, 2.24) is 15.5 Å². The van der Waals surface area contributed by atoms with Crippen LogP contribution < -0.4 is 20.3 Å². The summed E-state index contributed by atoms with van der Waals surface area (Å²) in [5.41, 5.74) is 2.53. The predicted molar refractivity (Wildman–Crippen MR) is 114 cm³/mol. The van der Waals surface area contributed by atoms with E-state index in [2.05, 4.69) is 10.0 Å². The predicted octanol–water partition coefficient (Wildman–Crippen LogP) is 1.38. The summed E-state index contributed by atoms with van der Waals surface area (Å²) in [5.74, 6) is -0.523. The van der Waals surface area contributed by atoms with Crippen LogP contribution in [0.4, 0.5) is 0 Å². The van der Waals surface area contributed by atoms with Gasteiger partial charge in [0.05, 0.1) is 12.0 Å². The highest BCUT2D eigenvalue weighted by Gasteiger charge is 2.25. The summed E-state index contributed by atoms with van der Waals surface area (Å²) < 4.78 is 32.4. The molecule has 4 N–H and O–H groups in total. The summed E-state index contributed by atoms with van der Waals surface area (Å²) in [6.07, 6.45) is 1.36. The summed E-state index contributed by atoms with van der Waals surface area (Å²) in [6.45, 7) is 0.271. The fourth-order valence-corrected chi connectivity index (χ4v) is 4.09. The molecule has 2 amide bonds. The second-order valence-corrected chi connectivity index (χ2v) is 8.52. The van der Waals surface area contributed by atoms with E-state index in [9.17, 15) is 18.0 Å². The summed E-state index contributed by atoms with van der Waals surface area (Å²) >= 11 is 0. The third-order valence-corrected chi connectivity index (χ3v) is 6.06. The lowest BCUT2D eigenvalue weighted by Crippen LogP contribution is -2.46. The van der Waals surface area contributed by atoms with Gasteiger partial charge < -0.3 is 10.1 Å². The minimum Gasteiger partial charge on any atom is -0.497 e. The molecular weight excluding hydrogens is 422 g/mol. The first kappa shape index (κ1) is 24.3. The fraction of sp³-hybridized carbons (Fsp3) is 0.333. The minimum atomic E-state index is -4.00. The molecule has 0 saturated heterocycles. The molecule has 2 aromatic rings. The molecule has 0 aliphatic carbocycles. The van der Waals surface area contributed by atoms with Crippen molar-refractivity contribution in [2.24, 2.45) is 0 Å². The zero-order valence-electron chi connectivity index (χ0n) is 17.2. The number of carbonyl (C=O) groups excluding carboxylic acids is 2. The van der Waals surface area contributed by atoms with Crippen molar-refractivity contribution in [3.05, 3.63) is 60.2 Å². The van der Waals surface area contributed by atoms with E-state index in [1.807, 2.05) is 30.3 Å². The van der Waals surface area contributed by atoms with Gasteiger partial charge in [-0.25, -0.2) is 13.9 Å². The molecule has 168 valence electrons. The standard InChI is InChI=1S/C21H27N3O6S/c1-30-17-10-12-18(13-11-17)31(28,29)24-19(21(26)23-27)8-5-15-22-20(25)14-9-16-6-3-2-4-7-16/h2-4,6-7,10-13,19,24,27H,5,8-9,14-15H2,1H3,(H,22,25)(H,23,26)/t19-/m1/s1. The molecule has 0 aliphatic heterocycles. The highest BCUT2D eigenvalue weighted by molar-refractivity contribution is 7.89. The number of hydroxylamine groups is 1. The van der Waals surface area contributed by atoms with Gasteiger partial charge >= 0.3 is 0 Å². The number of ether oxygens (including phenoxy) is 1. The summed E-state index contributed by atoms with van der Waals surface area (Å²) in [5, 5.41) is 11.7. The highest BCUT2D eigenvalue weighted by Crippen LogP contribution is 2.16. The lowest BCUT2D eigenvalue weighted by Gasteiger charge is -2.17. The average Bonchev–Trinajstić information content (AvgIpc) is 2.79. The second-order valence-electron chi connectivity index (χ2n) is 6.80. The first-order chi connectivity index (χ1) is 14.9. The maximum atomic E-state index is 12.5. The van der Waals surface area contributed by atoms with Gasteiger partial charge in [0, 0.05) is 13.0 Å².